The molecule has 0 aliphatic carbocycles. The number of halogens is 1. The lowest BCUT2D eigenvalue weighted by molar-refractivity contribution is 0.191. The van der Waals surface area contributed by atoms with E-state index in [1.165, 1.54) is 0 Å². The molecule has 3 N–H and O–H groups in total. The Balaban J connectivity index is 1.32. The van der Waals surface area contributed by atoms with Gasteiger partial charge in [0.1, 0.15) is 23.9 Å². The van der Waals surface area contributed by atoms with Crippen LogP contribution in [0.3, 0.4) is 0 Å². The number of aryl methyl sites for hydroxylation is 2. The van der Waals surface area contributed by atoms with Crippen LogP contribution >= 0.6 is 11.6 Å². The minimum atomic E-state index is -0.321. The fourth-order valence-electron chi connectivity index (χ4n) is 3.92. The number of carbonyl (C=O) groups excluding carboxylic acids is 1. The molecule has 0 spiro atoms. The van der Waals surface area contributed by atoms with Gasteiger partial charge in [0, 0.05) is 62.8 Å². The quantitative estimate of drug-likeness (QED) is 0.386. The molecule has 4 rings (SSSR count). The van der Waals surface area contributed by atoms with Crippen LogP contribution in [0.25, 0.3) is 0 Å². The molecule has 1 aliphatic rings. The van der Waals surface area contributed by atoms with Crippen molar-refractivity contribution in [1.82, 2.24) is 20.5 Å². The van der Waals surface area contributed by atoms with Crippen molar-refractivity contribution in [2.45, 2.75) is 20.4 Å². The third-order valence-corrected chi connectivity index (χ3v) is 6.36. The number of ether oxygens (including phenoxy) is 2. The number of hydrogen-bond donors (Lipinski definition) is 3. The van der Waals surface area contributed by atoms with E-state index in [0.29, 0.717) is 29.6 Å². The van der Waals surface area contributed by atoms with Crippen LogP contribution in [0.15, 0.2) is 54.9 Å². The number of hydrogen-bond acceptors (Lipinski definition) is 6. The summed E-state index contributed by atoms with van der Waals surface area (Å²) in [6.07, 6.45) is 3.37. The van der Waals surface area contributed by atoms with Gasteiger partial charge in [-0.05, 0) is 54.8 Å². The molecular formula is C27H32ClN5O3. The molecule has 1 aliphatic heterocycles. The van der Waals surface area contributed by atoms with Crippen LogP contribution in [0.5, 0.6) is 17.2 Å². The number of anilines is 1. The Labute approximate surface area is 217 Å². The fourth-order valence-corrected chi connectivity index (χ4v) is 4.07. The van der Waals surface area contributed by atoms with Gasteiger partial charge in [-0.15, -0.1) is 0 Å². The Morgan fingerprint density at radius 1 is 1.06 bits per heavy atom. The van der Waals surface area contributed by atoms with E-state index in [9.17, 15) is 4.79 Å². The molecule has 3 aromatic rings. The Kier molecular flexibility index (Phi) is 9.00. The Hall–Kier alpha value is -3.33. The average Bonchev–Trinajstić information content (AvgIpc) is 2.88. The van der Waals surface area contributed by atoms with Crippen LogP contribution in [0.2, 0.25) is 5.02 Å². The highest BCUT2D eigenvalue weighted by atomic mass is 35.5. The van der Waals surface area contributed by atoms with E-state index in [-0.39, 0.29) is 6.03 Å². The fraction of sp³-hybridized carbons (Fsp3) is 0.333. The second kappa shape index (κ2) is 12.6. The van der Waals surface area contributed by atoms with Gasteiger partial charge in [-0.1, -0.05) is 23.7 Å². The molecule has 1 aromatic heterocycles. The first-order valence-corrected chi connectivity index (χ1v) is 12.4. The Bertz CT molecular complexity index is 1170. The largest absolute Gasteiger partial charge is 0.490 e. The van der Waals surface area contributed by atoms with Crippen molar-refractivity contribution in [1.29, 1.82) is 0 Å². The third kappa shape index (κ3) is 7.34. The molecule has 0 radical (unpaired) electrons. The predicted molar refractivity (Wildman–Crippen MR) is 142 cm³/mol. The van der Waals surface area contributed by atoms with E-state index in [0.717, 1.165) is 60.9 Å². The molecule has 36 heavy (non-hydrogen) atoms. The summed E-state index contributed by atoms with van der Waals surface area (Å²) in [4.78, 5) is 19.0. The first-order valence-electron chi connectivity index (χ1n) is 12.1. The monoisotopic (exact) mass is 509 g/mol. The highest BCUT2D eigenvalue weighted by molar-refractivity contribution is 6.31. The first-order chi connectivity index (χ1) is 17.5. The van der Waals surface area contributed by atoms with Gasteiger partial charge in [-0.3, -0.25) is 9.88 Å². The number of rotatable bonds is 9. The van der Waals surface area contributed by atoms with Gasteiger partial charge < -0.3 is 25.4 Å². The van der Waals surface area contributed by atoms with Crippen molar-refractivity contribution >= 4 is 23.3 Å². The molecule has 2 heterocycles. The van der Waals surface area contributed by atoms with Crippen LogP contribution in [0, 0.1) is 13.8 Å². The van der Waals surface area contributed by atoms with Crippen LogP contribution in [0.1, 0.15) is 16.7 Å². The second-order valence-corrected chi connectivity index (χ2v) is 9.14. The maximum Gasteiger partial charge on any atom is 0.319 e. The summed E-state index contributed by atoms with van der Waals surface area (Å²) in [7, 11) is 0. The number of piperazine rings is 1. The molecule has 1 saturated heterocycles. The summed E-state index contributed by atoms with van der Waals surface area (Å²) in [6.45, 7) is 9.56. The number of benzene rings is 2. The summed E-state index contributed by atoms with van der Waals surface area (Å²) >= 11 is 6.33. The molecular weight excluding hydrogens is 478 g/mol. The molecule has 0 atom stereocenters. The molecule has 2 amide bonds. The van der Waals surface area contributed by atoms with E-state index in [2.05, 4.69) is 25.8 Å². The van der Waals surface area contributed by atoms with Crippen molar-refractivity contribution in [2.24, 2.45) is 0 Å². The van der Waals surface area contributed by atoms with Crippen LogP contribution < -0.4 is 25.4 Å². The maximum atomic E-state index is 12.7. The minimum Gasteiger partial charge on any atom is -0.490 e. The topological polar surface area (TPSA) is 87.8 Å². The SMILES string of the molecule is Cc1cc(NC(=O)NCc2ccc(Oc3ccncc3)c(C)c2)c(OCCN2CCNCC2)cc1Cl. The number of urea groups is 1. The Morgan fingerprint density at radius 2 is 1.83 bits per heavy atom. The molecule has 8 nitrogen and oxygen atoms in total. The zero-order chi connectivity index (χ0) is 25.3. The van der Waals surface area contributed by atoms with E-state index >= 15 is 0 Å². The van der Waals surface area contributed by atoms with Gasteiger partial charge in [-0.2, -0.15) is 0 Å². The lowest BCUT2D eigenvalue weighted by Crippen LogP contribution is -2.44. The van der Waals surface area contributed by atoms with Gasteiger partial charge in [0.25, 0.3) is 0 Å². The van der Waals surface area contributed by atoms with Gasteiger partial charge in [0.05, 0.1) is 5.69 Å². The van der Waals surface area contributed by atoms with E-state index in [1.54, 1.807) is 30.6 Å². The molecule has 0 saturated carbocycles. The summed E-state index contributed by atoms with van der Waals surface area (Å²) in [5.41, 5.74) is 3.39. The predicted octanol–water partition coefficient (Wildman–Crippen LogP) is 4.75. The highest BCUT2D eigenvalue weighted by Crippen LogP contribution is 2.31. The smallest absolute Gasteiger partial charge is 0.319 e. The first kappa shape index (κ1) is 25.8. The number of amides is 2. The summed E-state index contributed by atoms with van der Waals surface area (Å²) in [5.74, 6) is 2.04. The van der Waals surface area contributed by atoms with E-state index < -0.39 is 0 Å². The molecule has 2 aromatic carbocycles. The van der Waals surface area contributed by atoms with Crippen LogP contribution in [-0.4, -0.2) is 55.2 Å². The molecule has 0 bridgehead atoms. The van der Waals surface area contributed by atoms with E-state index in [4.69, 9.17) is 21.1 Å². The lowest BCUT2D eigenvalue weighted by atomic mass is 10.1. The third-order valence-electron chi connectivity index (χ3n) is 5.95. The van der Waals surface area contributed by atoms with Gasteiger partial charge >= 0.3 is 6.03 Å². The second-order valence-electron chi connectivity index (χ2n) is 8.73. The zero-order valence-electron chi connectivity index (χ0n) is 20.6. The molecule has 9 heteroatoms. The number of nitrogens with zero attached hydrogens (tertiary/aromatic N) is 2. The maximum absolute atomic E-state index is 12.7. The summed E-state index contributed by atoms with van der Waals surface area (Å²) in [6, 6.07) is 12.7. The van der Waals surface area contributed by atoms with Gasteiger partial charge in [0.15, 0.2) is 0 Å². The molecule has 190 valence electrons. The lowest BCUT2D eigenvalue weighted by Gasteiger charge is -2.27. The van der Waals surface area contributed by atoms with Crippen molar-refractivity contribution in [3.05, 3.63) is 76.6 Å². The van der Waals surface area contributed by atoms with Crippen molar-refractivity contribution in [2.75, 3.05) is 44.6 Å². The van der Waals surface area contributed by atoms with Crippen molar-refractivity contribution in [3.63, 3.8) is 0 Å². The van der Waals surface area contributed by atoms with Gasteiger partial charge in [-0.25, -0.2) is 4.79 Å². The highest BCUT2D eigenvalue weighted by Gasteiger charge is 2.13. The number of pyridine rings is 1. The average molecular weight is 510 g/mol. The number of aromatic nitrogens is 1. The summed E-state index contributed by atoms with van der Waals surface area (Å²) in [5, 5.41) is 9.76. The molecule has 0 unspecified atom stereocenters. The molecule has 1 fully saturated rings. The van der Waals surface area contributed by atoms with Crippen molar-refractivity contribution in [3.8, 4) is 17.2 Å². The van der Waals surface area contributed by atoms with E-state index in [1.807, 2.05) is 38.1 Å². The minimum absolute atomic E-state index is 0.321. The zero-order valence-corrected chi connectivity index (χ0v) is 21.4. The number of nitrogens with one attached hydrogen (secondary N) is 3. The summed E-state index contributed by atoms with van der Waals surface area (Å²) < 4.78 is 11.9. The van der Waals surface area contributed by atoms with Crippen LogP contribution in [0.4, 0.5) is 10.5 Å². The van der Waals surface area contributed by atoms with Crippen molar-refractivity contribution < 1.29 is 14.3 Å². The van der Waals surface area contributed by atoms with Gasteiger partial charge in [0.2, 0.25) is 0 Å². The Morgan fingerprint density at radius 3 is 2.58 bits per heavy atom. The normalized spacial score (nSPS) is 13.8. The standard InChI is InChI=1S/C27H32ClN5O3/c1-19-16-24(26(17-23(19)28)35-14-13-33-11-9-30-10-12-33)32-27(34)31-18-21-3-4-25(20(2)15-21)36-22-5-7-29-8-6-22/h3-8,15-17,30H,9-14,18H2,1-2H3,(H2,31,32,34). The van der Waals surface area contributed by atoms with Crippen LogP contribution in [-0.2, 0) is 6.54 Å². The number of carbonyl (C=O) groups is 1.